The van der Waals surface area contributed by atoms with E-state index < -0.39 is 49.5 Å². The summed E-state index contributed by atoms with van der Waals surface area (Å²) >= 11 is 0. The molecule has 0 radical (unpaired) electrons. The van der Waals surface area contributed by atoms with E-state index in [0.717, 1.165) is 38.5 Å². The molecule has 53 heavy (non-hydrogen) atoms. The number of hydrogen-bond donors (Lipinski definition) is 6. The second kappa shape index (κ2) is 35.4. The maximum atomic E-state index is 12.9. The molecule has 6 N–H and O–H groups in total. The van der Waals surface area contributed by atoms with Gasteiger partial charge in [-0.1, -0.05) is 174 Å². The van der Waals surface area contributed by atoms with Crippen molar-refractivity contribution < 1.29 is 39.8 Å². The Balaban J connectivity index is 2.29. The lowest BCUT2D eigenvalue weighted by Gasteiger charge is -2.40. The zero-order valence-electron chi connectivity index (χ0n) is 34.3. The molecule has 0 bridgehead atoms. The van der Waals surface area contributed by atoms with Crippen LogP contribution in [0.4, 0.5) is 0 Å². The number of unbranched alkanes of at least 4 members (excludes halogenated alkanes) is 25. The third-order valence-corrected chi connectivity index (χ3v) is 10.9. The van der Waals surface area contributed by atoms with Gasteiger partial charge in [-0.05, 0) is 38.5 Å². The maximum absolute atomic E-state index is 12.9. The normalized spacial score (nSPS) is 21.7. The zero-order valence-corrected chi connectivity index (χ0v) is 34.3. The van der Waals surface area contributed by atoms with Crippen molar-refractivity contribution >= 4 is 5.91 Å². The molecule has 0 saturated carbocycles. The van der Waals surface area contributed by atoms with E-state index in [4.69, 9.17) is 9.47 Å². The van der Waals surface area contributed by atoms with Crippen molar-refractivity contribution in [3.63, 3.8) is 0 Å². The van der Waals surface area contributed by atoms with Crippen molar-refractivity contribution in [2.45, 2.75) is 249 Å². The number of rotatable bonds is 37. The number of aliphatic hydroxyl groups is 5. The second-order valence-corrected chi connectivity index (χ2v) is 15.8. The average molecular weight is 756 g/mol. The molecule has 1 saturated heterocycles. The topological polar surface area (TPSA) is 149 Å². The van der Waals surface area contributed by atoms with Gasteiger partial charge in [0.15, 0.2) is 6.29 Å². The fraction of sp³-hybridized carbons (Fsp3) is 0.932. The zero-order chi connectivity index (χ0) is 38.8. The van der Waals surface area contributed by atoms with Crippen LogP contribution in [0.1, 0.15) is 206 Å². The van der Waals surface area contributed by atoms with Crippen LogP contribution in [0.3, 0.4) is 0 Å². The first-order valence-corrected chi connectivity index (χ1v) is 22.4. The average Bonchev–Trinajstić information content (AvgIpc) is 3.16. The van der Waals surface area contributed by atoms with Crippen LogP contribution in [-0.4, -0.2) is 87.5 Å². The third-order valence-electron chi connectivity index (χ3n) is 10.9. The lowest BCUT2D eigenvalue weighted by molar-refractivity contribution is -0.302. The highest BCUT2D eigenvalue weighted by Gasteiger charge is 2.44. The van der Waals surface area contributed by atoms with Gasteiger partial charge in [-0.15, -0.1) is 0 Å². The molecule has 1 heterocycles. The van der Waals surface area contributed by atoms with Gasteiger partial charge in [0.2, 0.25) is 5.91 Å². The van der Waals surface area contributed by atoms with E-state index in [-0.39, 0.29) is 12.5 Å². The van der Waals surface area contributed by atoms with Crippen LogP contribution in [-0.2, 0) is 14.3 Å². The molecule has 1 fully saturated rings. The van der Waals surface area contributed by atoms with E-state index in [9.17, 15) is 30.3 Å². The molecule has 1 rings (SSSR count). The lowest BCUT2D eigenvalue weighted by atomic mass is 9.99. The van der Waals surface area contributed by atoms with Crippen molar-refractivity contribution in [1.29, 1.82) is 0 Å². The van der Waals surface area contributed by atoms with Crippen LogP contribution >= 0.6 is 0 Å². The summed E-state index contributed by atoms with van der Waals surface area (Å²) in [4.78, 5) is 12.9. The molecule has 7 atom stereocenters. The fourth-order valence-electron chi connectivity index (χ4n) is 7.21. The second-order valence-electron chi connectivity index (χ2n) is 15.8. The van der Waals surface area contributed by atoms with E-state index in [1.807, 2.05) is 0 Å². The molecule has 1 aliphatic rings. The van der Waals surface area contributed by atoms with E-state index in [1.165, 1.54) is 141 Å². The number of amides is 1. The van der Waals surface area contributed by atoms with Gasteiger partial charge in [0.1, 0.15) is 24.4 Å². The van der Waals surface area contributed by atoms with Gasteiger partial charge >= 0.3 is 0 Å². The largest absolute Gasteiger partial charge is 0.394 e. The summed E-state index contributed by atoms with van der Waals surface area (Å²) in [6, 6.07) is -0.715. The monoisotopic (exact) mass is 756 g/mol. The van der Waals surface area contributed by atoms with Crippen LogP contribution in [0.2, 0.25) is 0 Å². The van der Waals surface area contributed by atoms with Crippen molar-refractivity contribution in [2.24, 2.45) is 0 Å². The Kier molecular flexibility index (Phi) is 33.3. The maximum Gasteiger partial charge on any atom is 0.220 e. The summed E-state index contributed by atoms with van der Waals surface area (Å²) in [5.41, 5.74) is 0. The minimum absolute atomic E-state index is 0.137. The Morgan fingerprint density at radius 2 is 1.06 bits per heavy atom. The molecule has 314 valence electrons. The highest BCUT2D eigenvalue weighted by Crippen LogP contribution is 2.23. The molecule has 0 aromatic heterocycles. The van der Waals surface area contributed by atoms with Gasteiger partial charge in [0.25, 0.3) is 0 Å². The molecule has 0 aliphatic carbocycles. The molecule has 1 aliphatic heterocycles. The molecule has 1 amide bonds. The summed E-state index contributed by atoms with van der Waals surface area (Å²) in [7, 11) is 0. The van der Waals surface area contributed by atoms with E-state index in [1.54, 1.807) is 0 Å². The SMILES string of the molecule is CCCCCCCCCCC/C=C\CCCCCCCCCC(=O)NC(COC1OC(CO)C(O)C(O)C1O)C(O)CCCCCCCCCCCC. The molecule has 0 spiro atoms. The molecule has 9 heteroatoms. The Morgan fingerprint density at radius 1 is 0.623 bits per heavy atom. The van der Waals surface area contributed by atoms with Crippen molar-refractivity contribution in [3.05, 3.63) is 12.2 Å². The van der Waals surface area contributed by atoms with E-state index >= 15 is 0 Å². The van der Waals surface area contributed by atoms with Crippen LogP contribution < -0.4 is 5.32 Å². The molecular formula is C44H85NO8. The minimum Gasteiger partial charge on any atom is -0.394 e. The molecule has 9 nitrogen and oxygen atoms in total. The van der Waals surface area contributed by atoms with Crippen LogP contribution in [0.25, 0.3) is 0 Å². The summed E-state index contributed by atoms with van der Waals surface area (Å²) < 4.78 is 11.2. The van der Waals surface area contributed by atoms with Gasteiger partial charge in [-0.2, -0.15) is 0 Å². The minimum atomic E-state index is -1.55. The van der Waals surface area contributed by atoms with E-state index in [0.29, 0.717) is 12.8 Å². The molecule has 7 unspecified atom stereocenters. The molecule has 0 aromatic carbocycles. The number of carbonyl (C=O) groups excluding carboxylic acids is 1. The van der Waals surface area contributed by atoms with Crippen molar-refractivity contribution in [2.75, 3.05) is 13.2 Å². The summed E-state index contributed by atoms with van der Waals surface area (Å²) in [5, 5.41) is 54.2. The van der Waals surface area contributed by atoms with Crippen molar-refractivity contribution in [3.8, 4) is 0 Å². The number of allylic oxidation sites excluding steroid dienone is 2. The first kappa shape index (κ1) is 49.9. The number of carbonyl (C=O) groups is 1. The quantitative estimate of drug-likeness (QED) is 0.0272. The predicted molar refractivity (Wildman–Crippen MR) is 217 cm³/mol. The Labute approximate surface area is 325 Å². The highest BCUT2D eigenvalue weighted by molar-refractivity contribution is 5.76. The van der Waals surface area contributed by atoms with Gasteiger partial charge in [0.05, 0.1) is 25.4 Å². The number of hydrogen-bond acceptors (Lipinski definition) is 8. The summed E-state index contributed by atoms with van der Waals surface area (Å²) in [5.74, 6) is -0.149. The van der Waals surface area contributed by atoms with E-state index in [2.05, 4.69) is 31.3 Å². The number of nitrogens with one attached hydrogen (secondary N) is 1. The highest BCUT2D eigenvalue weighted by atomic mass is 16.7. The van der Waals surface area contributed by atoms with Crippen LogP contribution in [0.15, 0.2) is 12.2 Å². The van der Waals surface area contributed by atoms with Gasteiger partial charge in [-0.25, -0.2) is 0 Å². The lowest BCUT2D eigenvalue weighted by Crippen LogP contribution is -2.60. The summed E-state index contributed by atoms with van der Waals surface area (Å²) in [6.07, 6.45) is 32.2. The molecule has 0 aromatic rings. The Hall–Kier alpha value is -1.07. The van der Waals surface area contributed by atoms with Crippen LogP contribution in [0.5, 0.6) is 0 Å². The van der Waals surface area contributed by atoms with Crippen molar-refractivity contribution in [1.82, 2.24) is 5.32 Å². The van der Waals surface area contributed by atoms with Gasteiger partial charge in [0, 0.05) is 6.42 Å². The smallest absolute Gasteiger partial charge is 0.220 e. The Morgan fingerprint density at radius 3 is 1.53 bits per heavy atom. The Bertz CT molecular complexity index is 842. The first-order valence-electron chi connectivity index (χ1n) is 22.4. The number of ether oxygens (including phenoxy) is 2. The molecular weight excluding hydrogens is 670 g/mol. The number of aliphatic hydroxyl groups excluding tert-OH is 5. The third kappa shape index (κ3) is 26.4. The van der Waals surface area contributed by atoms with Crippen LogP contribution in [0, 0.1) is 0 Å². The van der Waals surface area contributed by atoms with Gasteiger partial charge in [-0.3, -0.25) is 4.79 Å². The summed E-state index contributed by atoms with van der Waals surface area (Å²) in [6.45, 7) is 3.81. The predicted octanol–water partition coefficient (Wildman–Crippen LogP) is 8.95. The first-order chi connectivity index (χ1) is 25.8. The fourth-order valence-corrected chi connectivity index (χ4v) is 7.21. The standard InChI is InChI=1S/C44H85NO8/c1-3-5-7-9-11-13-15-16-17-18-19-20-21-22-23-24-26-28-30-32-34-40(48)45-37(36-52-44-43(51)42(50)41(49)39(35-46)53-44)38(47)33-31-29-27-25-14-12-10-8-6-4-2/h19-20,37-39,41-44,46-47,49-51H,3-18,21-36H2,1-2H3,(H,45,48)/b20-19-. The van der Waals surface area contributed by atoms with Gasteiger partial charge < -0.3 is 40.3 Å².